The summed E-state index contributed by atoms with van der Waals surface area (Å²) in [5, 5.41) is 3.47. The van der Waals surface area contributed by atoms with Crippen molar-refractivity contribution in [2.24, 2.45) is 5.92 Å². The molecule has 0 aromatic heterocycles. The van der Waals surface area contributed by atoms with Crippen LogP contribution in [-0.4, -0.2) is 34.6 Å². The van der Waals surface area contributed by atoms with Crippen LogP contribution in [0.4, 0.5) is 10.1 Å². The molecule has 1 N–H and O–H groups in total. The van der Waals surface area contributed by atoms with Crippen molar-refractivity contribution in [3.63, 3.8) is 0 Å². The number of benzene rings is 2. The highest BCUT2D eigenvalue weighted by Gasteiger charge is 2.41. The van der Waals surface area contributed by atoms with Gasteiger partial charge in [-0.2, -0.15) is 0 Å². The Morgan fingerprint density at radius 1 is 1.15 bits per heavy atom. The van der Waals surface area contributed by atoms with Crippen LogP contribution in [0, 0.1) is 11.7 Å². The van der Waals surface area contributed by atoms with Crippen LogP contribution >= 0.6 is 0 Å². The summed E-state index contributed by atoms with van der Waals surface area (Å²) < 4.78 is 39.5. The molecule has 2 aliphatic rings. The molecule has 0 amide bonds. The minimum absolute atomic E-state index is 0.00377. The minimum Gasteiger partial charge on any atom is -0.371 e. The molecule has 2 aliphatic heterocycles. The van der Waals surface area contributed by atoms with Gasteiger partial charge in [0.15, 0.2) is 0 Å². The van der Waals surface area contributed by atoms with E-state index >= 15 is 0 Å². The van der Waals surface area contributed by atoms with E-state index in [1.807, 2.05) is 6.07 Å². The van der Waals surface area contributed by atoms with Crippen molar-refractivity contribution in [3.05, 3.63) is 53.8 Å². The molecule has 0 saturated carbocycles. The Morgan fingerprint density at radius 2 is 1.92 bits per heavy atom. The first kappa shape index (κ1) is 17.5. The summed E-state index contributed by atoms with van der Waals surface area (Å²) in [6.07, 6.45) is 1.03. The molecule has 0 aliphatic carbocycles. The molecule has 2 aromatic carbocycles. The van der Waals surface area contributed by atoms with E-state index in [2.05, 4.69) is 24.2 Å². The highest BCUT2D eigenvalue weighted by atomic mass is 32.2. The van der Waals surface area contributed by atoms with Crippen molar-refractivity contribution >= 4 is 15.5 Å². The lowest BCUT2D eigenvalue weighted by atomic mass is 9.84. The van der Waals surface area contributed by atoms with E-state index in [9.17, 15) is 12.8 Å². The highest BCUT2D eigenvalue weighted by molar-refractivity contribution is 7.91. The fourth-order valence-electron chi connectivity index (χ4n) is 4.45. The van der Waals surface area contributed by atoms with Crippen molar-refractivity contribution in [2.75, 3.05) is 25.0 Å². The Kier molecular flexibility index (Phi) is 4.28. The summed E-state index contributed by atoms with van der Waals surface area (Å²) in [4.78, 5) is 2.51. The number of hydrogen-bond acceptors (Lipinski definition) is 4. The molecule has 2 aromatic rings. The highest BCUT2D eigenvalue weighted by Crippen LogP contribution is 2.46. The van der Waals surface area contributed by atoms with Gasteiger partial charge >= 0.3 is 0 Å². The number of hydrogen-bond donors (Lipinski definition) is 1. The van der Waals surface area contributed by atoms with E-state index in [0.717, 1.165) is 36.8 Å². The van der Waals surface area contributed by atoms with Gasteiger partial charge in [-0.25, -0.2) is 12.8 Å². The van der Waals surface area contributed by atoms with E-state index in [0.29, 0.717) is 17.9 Å². The first-order valence-corrected chi connectivity index (χ1v) is 10.5. The molecule has 1 saturated heterocycles. The van der Waals surface area contributed by atoms with Crippen LogP contribution in [0.25, 0.3) is 0 Å². The van der Waals surface area contributed by atoms with Crippen LogP contribution < -0.4 is 10.2 Å². The standard InChI is InChI=1S/C20H23FN2O2S/c1-13-12-22-9-8-19-20(13)17-11-16(6-7-18(17)23(19)2)26(24,25)15-5-3-4-14(21)10-15/h3-7,10-11,13,19-20,22H,8-9,12H2,1-2H3/t13?,19?,20-/m0/s1. The van der Waals surface area contributed by atoms with Gasteiger partial charge in [0.1, 0.15) is 5.82 Å². The predicted octanol–water partition coefficient (Wildman–Crippen LogP) is 3.19. The normalized spacial score (nSPS) is 25.5. The van der Waals surface area contributed by atoms with E-state index < -0.39 is 15.7 Å². The van der Waals surface area contributed by atoms with Crippen molar-refractivity contribution < 1.29 is 12.8 Å². The number of sulfone groups is 1. The number of nitrogens with zero attached hydrogens (tertiary/aromatic N) is 1. The number of halogens is 1. The summed E-state index contributed by atoms with van der Waals surface area (Å²) >= 11 is 0. The van der Waals surface area contributed by atoms with Gasteiger partial charge < -0.3 is 10.2 Å². The molecule has 0 radical (unpaired) electrons. The van der Waals surface area contributed by atoms with Gasteiger partial charge in [0.05, 0.1) is 9.79 Å². The fraction of sp³-hybridized carbons (Fsp3) is 0.400. The number of rotatable bonds is 2. The van der Waals surface area contributed by atoms with Gasteiger partial charge in [-0.1, -0.05) is 13.0 Å². The molecule has 4 nitrogen and oxygen atoms in total. The van der Waals surface area contributed by atoms with Gasteiger partial charge in [-0.15, -0.1) is 0 Å². The zero-order valence-corrected chi connectivity index (χ0v) is 15.8. The van der Waals surface area contributed by atoms with Gasteiger partial charge in [0, 0.05) is 24.7 Å². The third-order valence-electron chi connectivity index (χ3n) is 5.76. The molecular formula is C20H23FN2O2S. The quantitative estimate of drug-likeness (QED) is 0.877. The number of fused-ring (bicyclic) bond motifs is 3. The smallest absolute Gasteiger partial charge is 0.206 e. The average Bonchev–Trinajstić information content (AvgIpc) is 2.76. The van der Waals surface area contributed by atoms with E-state index in [1.165, 1.54) is 18.2 Å². The average molecular weight is 374 g/mol. The van der Waals surface area contributed by atoms with Crippen molar-refractivity contribution in [2.45, 2.75) is 35.1 Å². The SMILES string of the molecule is CC1CNCCC2[C@@H]1c1cc(S(=O)(=O)c3cccc(F)c3)ccc1N2C. The van der Waals surface area contributed by atoms with Crippen molar-refractivity contribution in [1.82, 2.24) is 5.32 Å². The largest absolute Gasteiger partial charge is 0.371 e. The zero-order chi connectivity index (χ0) is 18.5. The fourth-order valence-corrected chi connectivity index (χ4v) is 5.78. The molecule has 2 heterocycles. The molecule has 6 heteroatoms. The molecule has 26 heavy (non-hydrogen) atoms. The van der Waals surface area contributed by atoms with Gasteiger partial charge in [0.25, 0.3) is 0 Å². The van der Waals surface area contributed by atoms with Crippen molar-refractivity contribution in [1.29, 1.82) is 0 Å². The van der Waals surface area contributed by atoms with E-state index in [-0.39, 0.29) is 9.79 Å². The third kappa shape index (κ3) is 2.72. The molecule has 138 valence electrons. The van der Waals surface area contributed by atoms with Crippen molar-refractivity contribution in [3.8, 4) is 0 Å². The Hall–Kier alpha value is -1.92. The maximum Gasteiger partial charge on any atom is 0.206 e. The molecule has 1 fully saturated rings. The monoisotopic (exact) mass is 374 g/mol. The second-order valence-electron chi connectivity index (χ2n) is 7.36. The summed E-state index contributed by atoms with van der Waals surface area (Å²) in [5.41, 5.74) is 2.19. The molecule has 4 rings (SSSR count). The van der Waals surface area contributed by atoms with E-state index in [1.54, 1.807) is 12.1 Å². The van der Waals surface area contributed by atoms with Gasteiger partial charge in [-0.05, 0) is 67.4 Å². The number of anilines is 1. The zero-order valence-electron chi connectivity index (χ0n) is 14.9. The second kappa shape index (κ2) is 6.35. The van der Waals surface area contributed by atoms with Crippen LogP contribution in [0.1, 0.15) is 24.8 Å². The predicted molar refractivity (Wildman–Crippen MR) is 99.9 cm³/mol. The third-order valence-corrected chi connectivity index (χ3v) is 7.51. The topological polar surface area (TPSA) is 49.4 Å². The summed E-state index contributed by atoms with van der Waals surface area (Å²) in [7, 11) is -1.65. The minimum atomic E-state index is -3.74. The number of likely N-dealkylation sites (N-methyl/N-ethyl adjacent to an activating group) is 1. The van der Waals surface area contributed by atoms with Gasteiger partial charge in [0.2, 0.25) is 9.84 Å². The molecule has 2 unspecified atom stereocenters. The Morgan fingerprint density at radius 3 is 2.69 bits per heavy atom. The lowest BCUT2D eigenvalue weighted by molar-refractivity contribution is 0.424. The van der Waals surface area contributed by atoms with Crippen LogP contribution in [0.3, 0.4) is 0 Å². The summed E-state index contributed by atoms with van der Waals surface area (Å²) in [6.45, 7) is 4.11. The maximum absolute atomic E-state index is 13.5. The van der Waals surface area contributed by atoms with Crippen LogP contribution in [-0.2, 0) is 9.84 Å². The van der Waals surface area contributed by atoms with Gasteiger partial charge in [-0.3, -0.25) is 0 Å². The lowest BCUT2D eigenvalue weighted by Crippen LogP contribution is -2.32. The summed E-state index contributed by atoms with van der Waals surface area (Å²) in [5.74, 6) is 0.168. The van der Waals surface area contributed by atoms with E-state index in [4.69, 9.17) is 0 Å². The summed E-state index contributed by atoms with van der Waals surface area (Å²) in [6, 6.07) is 10.9. The Labute approximate surface area is 153 Å². The molecule has 0 spiro atoms. The van der Waals surface area contributed by atoms with Crippen LogP contribution in [0.2, 0.25) is 0 Å². The van der Waals surface area contributed by atoms with Crippen LogP contribution in [0.5, 0.6) is 0 Å². The first-order chi connectivity index (χ1) is 12.4. The number of nitrogens with one attached hydrogen (secondary N) is 1. The molecular weight excluding hydrogens is 351 g/mol. The van der Waals surface area contributed by atoms with Crippen LogP contribution in [0.15, 0.2) is 52.3 Å². The lowest BCUT2D eigenvalue weighted by Gasteiger charge is -2.27. The Bertz CT molecular complexity index is 945. The molecule has 0 bridgehead atoms. The first-order valence-electron chi connectivity index (χ1n) is 8.98. The second-order valence-corrected chi connectivity index (χ2v) is 9.31. The Balaban J connectivity index is 1.81. The molecule has 3 atom stereocenters. The maximum atomic E-state index is 13.5.